The second-order valence-electron chi connectivity index (χ2n) is 6.05. The van der Waals surface area contributed by atoms with Crippen molar-refractivity contribution in [1.29, 1.82) is 0 Å². The molecule has 0 heterocycles. The van der Waals surface area contributed by atoms with Crippen molar-refractivity contribution in [2.24, 2.45) is 4.99 Å². The Morgan fingerprint density at radius 3 is 2.53 bits per heavy atom. The van der Waals surface area contributed by atoms with E-state index in [0.29, 0.717) is 0 Å². The number of hydrogen-bond acceptors (Lipinski definition) is 2. The summed E-state index contributed by atoms with van der Waals surface area (Å²) in [6.45, 7) is 0. The molecule has 0 spiro atoms. The molecule has 1 aromatic carbocycles. The summed E-state index contributed by atoms with van der Waals surface area (Å²) in [6.07, 6.45) is 11.5. The Balaban J connectivity index is 1.95. The highest BCUT2D eigenvalue weighted by Gasteiger charge is 2.36. The Labute approximate surface area is 114 Å². The van der Waals surface area contributed by atoms with Gasteiger partial charge in [-0.25, -0.2) is 4.79 Å². The van der Waals surface area contributed by atoms with Crippen molar-refractivity contribution in [3.05, 3.63) is 35.4 Å². The van der Waals surface area contributed by atoms with Gasteiger partial charge in [-0.2, -0.15) is 4.99 Å². The minimum atomic E-state index is -0.267. The average molecular weight is 255 g/mol. The maximum Gasteiger partial charge on any atom is 0.235 e. The van der Waals surface area contributed by atoms with Gasteiger partial charge in [-0.15, -0.1) is 0 Å². The normalized spacial score (nSPS) is 22.3. The summed E-state index contributed by atoms with van der Waals surface area (Å²) in [4.78, 5) is 15.0. The van der Waals surface area contributed by atoms with Crippen LogP contribution in [0.25, 0.3) is 0 Å². The van der Waals surface area contributed by atoms with Gasteiger partial charge in [0.05, 0.1) is 5.54 Å². The maximum atomic E-state index is 10.8. The van der Waals surface area contributed by atoms with Gasteiger partial charge in [-0.1, -0.05) is 49.9 Å². The molecule has 0 saturated heterocycles. The molecule has 0 aliphatic heterocycles. The molecule has 0 bridgehead atoms. The minimum absolute atomic E-state index is 0.267. The lowest BCUT2D eigenvalue weighted by Crippen LogP contribution is -2.19. The van der Waals surface area contributed by atoms with Crippen LogP contribution >= 0.6 is 0 Å². The Morgan fingerprint density at radius 2 is 1.84 bits per heavy atom. The van der Waals surface area contributed by atoms with E-state index >= 15 is 0 Å². The van der Waals surface area contributed by atoms with Crippen LogP contribution < -0.4 is 0 Å². The molecule has 2 fully saturated rings. The van der Waals surface area contributed by atoms with E-state index in [0.717, 1.165) is 18.8 Å². The SMILES string of the molecule is O=C=NC1(c2cccc(C3CCCC3)c2)CCCC1. The first kappa shape index (κ1) is 12.6. The summed E-state index contributed by atoms with van der Waals surface area (Å²) in [5, 5.41) is 0. The van der Waals surface area contributed by atoms with Gasteiger partial charge in [0, 0.05) is 0 Å². The van der Waals surface area contributed by atoms with Gasteiger partial charge in [0.25, 0.3) is 0 Å². The summed E-state index contributed by atoms with van der Waals surface area (Å²) in [6, 6.07) is 8.84. The second-order valence-corrected chi connectivity index (χ2v) is 6.05. The highest BCUT2D eigenvalue weighted by Crippen LogP contribution is 2.43. The lowest BCUT2D eigenvalue weighted by atomic mass is 9.85. The fourth-order valence-corrected chi connectivity index (χ4v) is 3.85. The van der Waals surface area contributed by atoms with Gasteiger partial charge in [0.2, 0.25) is 6.08 Å². The van der Waals surface area contributed by atoms with Crippen LogP contribution in [0.15, 0.2) is 29.3 Å². The number of nitrogens with zero attached hydrogens (tertiary/aromatic N) is 1. The fraction of sp³-hybridized carbons (Fsp3) is 0.588. The maximum absolute atomic E-state index is 10.8. The van der Waals surface area contributed by atoms with E-state index in [1.807, 2.05) is 6.08 Å². The first-order valence-corrected chi connectivity index (χ1v) is 7.53. The molecule has 2 aliphatic carbocycles. The first-order valence-electron chi connectivity index (χ1n) is 7.53. The van der Waals surface area contributed by atoms with Crippen LogP contribution in [0, 0.1) is 0 Å². The van der Waals surface area contributed by atoms with Crippen LogP contribution in [0.5, 0.6) is 0 Å². The molecule has 1 aromatic rings. The molecule has 3 rings (SSSR count). The molecular weight excluding hydrogens is 234 g/mol. The third-order valence-corrected chi connectivity index (χ3v) is 4.94. The van der Waals surface area contributed by atoms with Crippen LogP contribution in [0.2, 0.25) is 0 Å². The predicted molar refractivity (Wildman–Crippen MR) is 75.9 cm³/mol. The third kappa shape index (κ3) is 2.37. The number of benzene rings is 1. The molecule has 0 amide bonds. The van der Waals surface area contributed by atoms with Crippen molar-refractivity contribution >= 4 is 6.08 Å². The summed E-state index contributed by atoms with van der Waals surface area (Å²) in [7, 11) is 0. The topological polar surface area (TPSA) is 29.4 Å². The number of rotatable bonds is 3. The average Bonchev–Trinajstić information content (AvgIpc) is 3.11. The Kier molecular flexibility index (Phi) is 3.52. The second kappa shape index (κ2) is 5.30. The standard InChI is InChI=1S/C17H21NO/c19-13-18-17(10-3-4-11-17)16-9-5-8-15(12-16)14-6-1-2-7-14/h5,8-9,12,14H,1-4,6-7,10-11H2. The van der Waals surface area contributed by atoms with E-state index < -0.39 is 0 Å². The molecule has 2 aliphatic rings. The zero-order chi connectivity index (χ0) is 13.1. The molecule has 19 heavy (non-hydrogen) atoms. The Hall–Kier alpha value is -1.40. The van der Waals surface area contributed by atoms with Crippen LogP contribution in [0.4, 0.5) is 0 Å². The van der Waals surface area contributed by atoms with Crippen molar-refractivity contribution < 1.29 is 4.79 Å². The Morgan fingerprint density at radius 1 is 1.11 bits per heavy atom. The number of aliphatic imine (C=N–C) groups is 1. The van der Waals surface area contributed by atoms with Gasteiger partial charge in [-0.3, -0.25) is 0 Å². The number of isocyanates is 1. The van der Waals surface area contributed by atoms with Gasteiger partial charge < -0.3 is 0 Å². The number of hydrogen-bond donors (Lipinski definition) is 0. The third-order valence-electron chi connectivity index (χ3n) is 4.94. The molecule has 2 nitrogen and oxygen atoms in total. The van der Waals surface area contributed by atoms with E-state index in [1.165, 1.54) is 49.7 Å². The molecule has 2 saturated carbocycles. The Bertz CT molecular complexity index is 490. The minimum Gasteiger partial charge on any atom is -0.211 e. The van der Waals surface area contributed by atoms with E-state index in [4.69, 9.17) is 0 Å². The molecule has 0 aromatic heterocycles. The molecule has 0 atom stereocenters. The van der Waals surface area contributed by atoms with E-state index in [-0.39, 0.29) is 5.54 Å². The smallest absolute Gasteiger partial charge is 0.211 e. The van der Waals surface area contributed by atoms with Crippen molar-refractivity contribution in [2.75, 3.05) is 0 Å². The molecule has 0 unspecified atom stereocenters. The summed E-state index contributed by atoms with van der Waals surface area (Å²) in [5.74, 6) is 0.721. The summed E-state index contributed by atoms with van der Waals surface area (Å²) < 4.78 is 0. The van der Waals surface area contributed by atoms with Crippen LogP contribution in [-0.2, 0) is 10.3 Å². The lowest BCUT2D eigenvalue weighted by Gasteiger charge is -2.24. The van der Waals surface area contributed by atoms with Gasteiger partial charge in [-0.05, 0) is 42.7 Å². The predicted octanol–water partition coefficient (Wildman–Crippen LogP) is 4.45. The zero-order valence-corrected chi connectivity index (χ0v) is 11.4. The van der Waals surface area contributed by atoms with Crippen molar-refractivity contribution in [1.82, 2.24) is 0 Å². The van der Waals surface area contributed by atoms with Crippen molar-refractivity contribution in [2.45, 2.75) is 62.8 Å². The van der Waals surface area contributed by atoms with E-state index in [1.54, 1.807) is 0 Å². The largest absolute Gasteiger partial charge is 0.235 e. The highest BCUT2D eigenvalue weighted by molar-refractivity contribution is 5.40. The van der Waals surface area contributed by atoms with Gasteiger partial charge >= 0.3 is 0 Å². The van der Waals surface area contributed by atoms with E-state index in [9.17, 15) is 4.79 Å². The van der Waals surface area contributed by atoms with E-state index in [2.05, 4.69) is 29.3 Å². The highest BCUT2D eigenvalue weighted by atomic mass is 16.1. The quantitative estimate of drug-likeness (QED) is 0.579. The summed E-state index contributed by atoms with van der Waals surface area (Å²) >= 11 is 0. The van der Waals surface area contributed by atoms with Gasteiger partial charge in [0.1, 0.15) is 0 Å². The monoisotopic (exact) mass is 255 g/mol. The lowest BCUT2D eigenvalue weighted by molar-refractivity contribution is 0.455. The van der Waals surface area contributed by atoms with Gasteiger partial charge in [0.15, 0.2) is 0 Å². The molecule has 100 valence electrons. The summed E-state index contributed by atoms with van der Waals surface area (Å²) in [5.41, 5.74) is 2.41. The van der Waals surface area contributed by atoms with Crippen molar-refractivity contribution in [3.63, 3.8) is 0 Å². The van der Waals surface area contributed by atoms with Crippen LogP contribution in [0.1, 0.15) is 68.4 Å². The fourth-order valence-electron chi connectivity index (χ4n) is 3.85. The van der Waals surface area contributed by atoms with Crippen LogP contribution in [-0.4, -0.2) is 6.08 Å². The molecule has 0 N–H and O–H groups in total. The number of carbonyl (C=O) groups excluding carboxylic acids is 1. The molecule has 0 radical (unpaired) electrons. The molecule has 2 heteroatoms. The first-order chi connectivity index (χ1) is 9.34. The van der Waals surface area contributed by atoms with Crippen LogP contribution in [0.3, 0.4) is 0 Å². The zero-order valence-electron chi connectivity index (χ0n) is 11.4. The van der Waals surface area contributed by atoms with Crippen molar-refractivity contribution in [3.8, 4) is 0 Å². The molecular formula is C17H21NO.